The summed E-state index contributed by atoms with van der Waals surface area (Å²) in [6.07, 6.45) is 5.41. The topological polar surface area (TPSA) is 98.8 Å². The van der Waals surface area contributed by atoms with Crippen LogP contribution in [0.15, 0.2) is 29.2 Å². The van der Waals surface area contributed by atoms with Gasteiger partial charge in [0.05, 0.1) is 10.5 Å². The second-order valence-corrected chi connectivity index (χ2v) is 15.3. The molecular weight excluding hydrogens is 532 g/mol. The van der Waals surface area contributed by atoms with Gasteiger partial charge in [-0.2, -0.15) is 4.31 Å². The molecule has 8 nitrogen and oxygen atoms in total. The molecule has 0 aliphatic carbocycles. The molecule has 1 unspecified atom stereocenters. The average Bonchev–Trinajstić information content (AvgIpc) is 3.52. The van der Waals surface area contributed by atoms with Gasteiger partial charge < -0.3 is 15.5 Å². The molecule has 1 aromatic heterocycles. The summed E-state index contributed by atoms with van der Waals surface area (Å²) in [6, 6.07) is 6.10. The van der Waals surface area contributed by atoms with Crippen molar-refractivity contribution in [2.45, 2.75) is 95.2 Å². The van der Waals surface area contributed by atoms with Gasteiger partial charge in [0.1, 0.15) is 5.00 Å². The highest BCUT2D eigenvalue weighted by Crippen LogP contribution is 2.45. The summed E-state index contributed by atoms with van der Waals surface area (Å²) in [5.74, 6) is -0.379. The van der Waals surface area contributed by atoms with Gasteiger partial charge in [0.2, 0.25) is 10.0 Å². The quantitative estimate of drug-likeness (QED) is 0.528. The van der Waals surface area contributed by atoms with E-state index in [9.17, 15) is 18.0 Å². The van der Waals surface area contributed by atoms with E-state index in [1.54, 1.807) is 16.4 Å². The molecule has 0 spiro atoms. The van der Waals surface area contributed by atoms with Crippen molar-refractivity contribution in [2.75, 3.05) is 25.0 Å². The lowest BCUT2D eigenvalue weighted by atomic mass is 9.81. The van der Waals surface area contributed by atoms with Crippen LogP contribution >= 0.6 is 11.3 Å². The maximum atomic E-state index is 13.8. The molecule has 0 radical (unpaired) electrons. The summed E-state index contributed by atoms with van der Waals surface area (Å²) in [7, 11) is -3.62. The third-order valence-electron chi connectivity index (χ3n) is 8.14. The minimum Gasteiger partial charge on any atom is -0.339 e. The maximum absolute atomic E-state index is 13.8. The van der Waals surface area contributed by atoms with Crippen LogP contribution in [0.4, 0.5) is 5.00 Å². The van der Waals surface area contributed by atoms with E-state index in [0.717, 1.165) is 55.6 Å². The average molecular weight is 573 g/mol. The number of rotatable bonds is 5. The van der Waals surface area contributed by atoms with Crippen molar-refractivity contribution in [2.24, 2.45) is 0 Å². The number of thiophene rings is 1. The fourth-order valence-corrected chi connectivity index (χ4v) is 9.40. The first-order valence-electron chi connectivity index (χ1n) is 14.0. The first-order chi connectivity index (χ1) is 18.3. The second-order valence-electron chi connectivity index (χ2n) is 12.4. The number of amides is 2. The summed E-state index contributed by atoms with van der Waals surface area (Å²) in [5.41, 5.74) is 1.41. The Hall–Kier alpha value is -2.27. The molecule has 5 rings (SSSR count). The number of carbonyl (C=O) groups excluding carboxylic acids is 2. The van der Waals surface area contributed by atoms with E-state index in [-0.39, 0.29) is 33.8 Å². The minimum absolute atomic E-state index is 0.0223. The third-order valence-corrected chi connectivity index (χ3v) is 11.6. The lowest BCUT2D eigenvalue weighted by Crippen LogP contribution is -2.55. The molecule has 39 heavy (non-hydrogen) atoms. The van der Waals surface area contributed by atoms with Crippen LogP contribution in [-0.4, -0.2) is 60.7 Å². The fraction of sp³-hybridized carbons (Fsp3) is 0.586. The lowest BCUT2D eigenvalue weighted by molar-refractivity contribution is 0.0792. The highest BCUT2D eigenvalue weighted by molar-refractivity contribution is 7.89. The fourth-order valence-electron chi connectivity index (χ4n) is 6.44. The van der Waals surface area contributed by atoms with Crippen molar-refractivity contribution in [3.63, 3.8) is 0 Å². The largest absolute Gasteiger partial charge is 0.339 e. The Morgan fingerprint density at radius 1 is 1.00 bits per heavy atom. The molecule has 3 aliphatic rings. The van der Waals surface area contributed by atoms with Crippen molar-refractivity contribution in [1.29, 1.82) is 0 Å². The predicted molar refractivity (Wildman–Crippen MR) is 155 cm³/mol. The minimum atomic E-state index is -3.62. The van der Waals surface area contributed by atoms with Gasteiger partial charge in [0, 0.05) is 47.2 Å². The Labute approximate surface area is 236 Å². The molecule has 4 heterocycles. The highest BCUT2D eigenvalue weighted by atomic mass is 32.2. The smallest absolute Gasteiger partial charge is 0.257 e. The normalized spacial score (nSPS) is 22.9. The highest BCUT2D eigenvalue weighted by Gasteiger charge is 2.42. The van der Waals surface area contributed by atoms with Crippen LogP contribution in [0, 0.1) is 0 Å². The Kier molecular flexibility index (Phi) is 7.45. The number of fused-ring (bicyclic) bond motifs is 1. The van der Waals surface area contributed by atoms with Gasteiger partial charge in [-0.1, -0.05) is 6.42 Å². The zero-order valence-electron chi connectivity index (χ0n) is 23.6. The van der Waals surface area contributed by atoms with Crippen molar-refractivity contribution in [1.82, 2.24) is 14.5 Å². The molecule has 1 aromatic carbocycles. The molecule has 2 saturated heterocycles. The molecule has 10 heteroatoms. The summed E-state index contributed by atoms with van der Waals surface area (Å²) in [6.45, 7) is 12.4. The Balaban J connectivity index is 1.44. The third kappa shape index (κ3) is 5.40. The second kappa shape index (κ2) is 10.3. The van der Waals surface area contributed by atoms with E-state index in [1.165, 1.54) is 23.5 Å². The van der Waals surface area contributed by atoms with Crippen molar-refractivity contribution < 1.29 is 18.0 Å². The molecule has 2 N–H and O–H groups in total. The zero-order chi connectivity index (χ0) is 28.2. The molecule has 2 fully saturated rings. The molecule has 0 bridgehead atoms. The summed E-state index contributed by atoms with van der Waals surface area (Å²) in [5, 5.41) is 7.27. The van der Waals surface area contributed by atoms with Crippen LogP contribution in [0.1, 0.15) is 97.9 Å². The first kappa shape index (κ1) is 28.3. The monoisotopic (exact) mass is 572 g/mol. The number of benzene rings is 1. The molecule has 0 saturated carbocycles. The molecule has 212 valence electrons. The standard InChI is InChI=1S/C29H40N4O4S2/c1-19-10-6-7-17-33(19)39(36,37)21-13-11-20(12-14-21)25(34)30-26-23(27(35)32-15-8-9-16-32)22-18-28(2,3)31-29(4,5)24(22)38-26/h11-14,19,31H,6-10,15-18H2,1-5H3,(H,30,34). The zero-order valence-corrected chi connectivity index (χ0v) is 25.2. The van der Waals surface area contributed by atoms with Gasteiger partial charge in [-0.15, -0.1) is 11.3 Å². The van der Waals surface area contributed by atoms with Gasteiger partial charge >= 0.3 is 0 Å². The van der Waals surface area contributed by atoms with Gasteiger partial charge in [-0.05, 0) is 96.6 Å². The number of carbonyl (C=O) groups is 2. The van der Waals surface area contributed by atoms with Crippen LogP contribution in [0.3, 0.4) is 0 Å². The first-order valence-corrected chi connectivity index (χ1v) is 16.2. The molecule has 3 aliphatic heterocycles. The SMILES string of the molecule is CC1CCCCN1S(=O)(=O)c1ccc(C(=O)Nc2sc3c(c2C(=O)N2CCCC2)CC(C)(C)NC3(C)C)cc1. The maximum Gasteiger partial charge on any atom is 0.257 e. The van der Waals surface area contributed by atoms with Gasteiger partial charge in [-0.3, -0.25) is 9.59 Å². The van der Waals surface area contributed by atoms with E-state index >= 15 is 0 Å². The van der Waals surface area contributed by atoms with Crippen LogP contribution in [0.25, 0.3) is 0 Å². The predicted octanol–water partition coefficient (Wildman–Crippen LogP) is 4.96. The van der Waals surface area contributed by atoms with Crippen molar-refractivity contribution in [3.8, 4) is 0 Å². The van der Waals surface area contributed by atoms with Crippen LogP contribution in [-0.2, 0) is 22.0 Å². The number of piperidine rings is 1. The van der Waals surface area contributed by atoms with E-state index < -0.39 is 10.0 Å². The Bertz CT molecular complexity index is 1370. The van der Waals surface area contributed by atoms with Crippen molar-refractivity contribution >= 4 is 38.2 Å². The van der Waals surface area contributed by atoms with Gasteiger partial charge in [0.25, 0.3) is 11.8 Å². The molecule has 2 aromatic rings. The number of hydrogen-bond donors (Lipinski definition) is 2. The van der Waals surface area contributed by atoms with E-state index in [0.29, 0.717) is 29.1 Å². The summed E-state index contributed by atoms with van der Waals surface area (Å²) < 4.78 is 28.0. The van der Waals surface area contributed by atoms with E-state index in [1.807, 2.05) is 11.8 Å². The number of anilines is 1. The molecule has 2 amide bonds. The summed E-state index contributed by atoms with van der Waals surface area (Å²) >= 11 is 1.46. The number of nitrogens with one attached hydrogen (secondary N) is 2. The van der Waals surface area contributed by atoms with Gasteiger partial charge in [-0.25, -0.2) is 8.42 Å². The summed E-state index contributed by atoms with van der Waals surface area (Å²) in [4.78, 5) is 30.3. The van der Waals surface area contributed by atoms with Crippen molar-refractivity contribution in [3.05, 3.63) is 45.8 Å². The lowest BCUT2D eigenvalue weighted by Gasteiger charge is -2.42. The number of nitrogens with zero attached hydrogens (tertiary/aromatic N) is 2. The number of likely N-dealkylation sites (tertiary alicyclic amines) is 1. The molecular formula is C29H40N4O4S2. The number of sulfonamides is 1. The van der Waals surface area contributed by atoms with E-state index in [2.05, 4.69) is 38.3 Å². The van der Waals surface area contributed by atoms with Crippen LogP contribution < -0.4 is 10.6 Å². The Morgan fingerprint density at radius 3 is 2.28 bits per heavy atom. The van der Waals surface area contributed by atoms with E-state index in [4.69, 9.17) is 0 Å². The number of hydrogen-bond acceptors (Lipinski definition) is 6. The van der Waals surface area contributed by atoms with Crippen LogP contribution in [0.2, 0.25) is 0 Å². The Morgan fingerprint density at radius 2 is 1.64 bits per heavy atom. The molecule has 1 atom stereocenters. The van der Waals surface area contributed by atoms with Crippen LogP contribution in [0.5, 0.6) is 0 Å². The van der Waals surface area contributed by atoms with Gasteiger partial charge in [0.15, 0.2) is 0 Å².